The predicted octanol–water partition coefficient (Wildman–Crippen LogP) is 0.982. The fraction of sp³-hybridized carbons (Fsp3) is 0.125. The van der Waals surface area contributed by atoms with Gasteiger partial charge in [0.05, 0.1) is 16.4 Å². The van der Waals surface area contributed by atoms with Crippen molar-refractivity contribution >= 4 is 23.2 Å². The van der Waals surface area contributed by atoms with Crippen molar-refractivity contribution in [3.05, 3.63) is 32.8 Å². The highest BCUT2D eigenvalue weighted by molar-refractivity contribution is 6.32. The van der Waals surface area contributed by atoms with Crippen LogP contribution in [-0.4, -0.2) is 15.9 Å². The Morgan fingerprint density at radius 2 is 2.20 bits per heavy atom. The molecule has 7 heteroatoms. The number of aromatic hydroxyl groups is 1. The van der Waals surface area contributed by atoms with Crippen LogP contribution in [0.5, 0.6) is 5.75 Å². The van der Waals surface area contributed by atoms with E-state index in [2.05, 4.69) is 0 Å². The van der Waals surface area contributed by atoms with Gasteiger partial charge < -0.3 is 10.8 Å². The number of carbonyl (C=O) groups excluding carboxylic acids is 1. The molecule has 0 aliphatic heterocycles. The third kappa shape index (κ3) is 2.57. The van der Waals surface area contributed by atoms with E-state index >= 15 is 0 Å². The van der Waals surface area contributed by atoms with Gasteiger partial charge in [0.1, 0.15) is 0 Å². The van der Waals surface area contributed by atoms with Crippen molar-refractivity contribution in [3.63, 3.8) is 0 Å². The van der Waals surface area contributed by atoms with Gasteiger partial charge in [-0.05, 0) is 11.6 Å². The summed E-state index contributed by atoms with van der Waals surface area (Å²) in [4.78, 5) is 20.3. The van der Waals surface area contributed by atoms with Gasteiger partial charge in [-0.15, -0.1) is 0 Å². The van der Waals surface area contributed by atoms with Crippen LogP contribution in [0.1, 0.15) is 5.56 Å². The first kappa shape index (κ1) is 11.3. The highest BCUT2D eigenvalue weighted by Crippen LogP contribution is 2.34. The summed E-state index contributed by atoms with van der Waals surface area (Å²) >= 11 is 5.54. The maximum Gasteiger partial charge on any atom is 0.312 e. The Bertz CT molecular complexity index is 433. The Morgan fingerprint density at radius 3 is 2.67 bits per heavy atom. The van der Waals surface area contributed by atoms with E-state index in [1.807, 2.05) is 0 Å². The van der Waals surface area contributed by atoms with E-state index in [4.69, 9.17) is 17.3 Å². The van der Waals surface area contributed by atoms with Crippen molar-refractivity contribution in [3.8, 4) is 5.75 Å². The number of phenols is 1. The molecule has 0 aromatic heterocycles. The molecule has 1 aromatic rings. The van der Waals surface area contributed by atoms with Crippen LogP contribution in [0.2, 0.25) is 5.02 Å². The predicted molar refractivity (Wildman–Crippen MR) is 52.7 cm³/mol. The third-order valence-corrected chi connectivity index (χ3v) is 1.97. The van der Waals surface area contributed by atoms with Gasteiger partial charge in [0.25, 0.3) is 0 Å². The number of nitrogens with zero attached hydrogens (tertiary/aromatic N) is 1. The minimum absolute atomic E-state index is 0.166. The maximum absolute atomic E-state index is 10.6. The van der Waals surface area contributed by atoms with Gasteiger partial charge in [0.2, 0.25) is 11.7 Å². The molecule has 6 nitrogen and oxygen atoms in total. The number of nitrogens with two attached hydrogens (primary N) is 1. The number of benzene rings is 1. The number of hydrogen-bond acceptors (Lipinski definition) is 4. The van der Waals surface area contributed by atoms with Crippen LogP contribution in [0.15, 0.2) is 12.1 Å². The molecule has 15 heavy (non-hydrogen) atoms. The molecule has 0 aliphatic rings. The highest BCUT2D eigenvalue weighted by atomic mass is 35.5. The van der Waals surface area contributed by atoms with Crippen molar-refractivity contribution in [2.24, 2.45) is 5.73 Å². The van der Waals surface area contributed by atoms with E-state index in [0.717, 1.165) is 6.07 Å². The van der Waals surface area contributed by atoms with Crippen LogP contribution in [0.3, 0.4) is 0 Å². The molecule has 0 bridgehead atoms. The number of amides is 1. The first-order valence-electron chi connectivity index (χ1n) is 3.86. The largest absolute Gasteiger partial charge is 0.501 e. The van der Waals surface area contributed by atoms with Gasteiger partial charge in [-0.2, -0.15) is 0 Å². The molecule has 0 saturated carbocycles. The summed E-state index contributed by atoms with van der Waals surface area (Å²) in [5.74, 6) is -1.25. The van der Waals surface area contributed by atoms with Crippen molar-refractivity contribution < 1.29 is 14.8 Å². The molecule has 0 atom stereocenters. The fourth-order valence-electron chi connectivity index (χ4n) is 1.08. The molecule has 0 heterocycles. The summed E-state index contributed by atoms with van der Waals surface area (Å²) in [6.45, 7) is 0. The van der Waals surface area contributed by atoms with Crippen molar-refractivity contribution in [1.82, 2.24) is 0 Å². The zero-order valence-electron chi connectivity index (χ0n) is 7.44. The average molecular weight is 231 g/mol. The number of carbonyl (C=O) groups is 1. The summed E-state index contributed by atoms with van der Waals surface area (Å²) in [7, 11) is 0. The molecule has 80 valence electrons. The van der Waals surface area contributed by atoms with E-state index < -0.39 is 22.3 Å². The van der Waals surface area contributed by atoms with Gasteiger partial charge in [-0.25, -0.2) is 0 Å². The van der Waals surface area contributed by atoms with Crippen molar-refractivity contribution in [2.75, 3.05) is 0 Å². The summed E-state index contributed by atoms with van der Waals surface area (Å²) in [5.41, 5.74) is 4.67. The monoisotopic (exact) mass is 230 g/mol. The second kappa shape index (κ2) is 4.14. The second-order valence-electron chi connectivity index (χ2n) is 2.85. The van der Waals surface area contributed by atoms with Gasteiger partial charge in [-0.1, -0.05) is 11.6 Å². The minimum atomic E-state index is -0.786. The van der Waals surface area contributed by atoms with Gasteiger partial charge >= 0.3 is 5.69 Å². The summed E-state index contributed by atoms with van der Waals surface area (Å²) < 4.78 is 0. The second-order valence-corrected chi connectivity index (χ2v) is 3.25. The number of primary amides is 1. The van der Waals surface area contributed by atoms with Gasteiger partial charge in [0, 0.05) is 6.07 Å². The number of halogens is 1. The van der Waals surface area contributed by atoms with E-state index in [1.54, 1.807) is 0 Å². The van der Waals surface area contributed by atoms with Crippen LogP contribution in [0, 0.1) is 10.1 Å². The molecule has 1 aromatic carbocycles. The normalized spacial score (nSPS) is 9.93. The zero-order valence-corrected chi connectivity index (χ0v) is 8.19. The number of hydrogen-bond donors (Lipinski definition) is 2. The number of rotatable bonds is 3. The highest BCUT2D eigenvalue weighted by Gasteiger charge is 2.18. The number of nitro benzene ring substituents is 1. The molecule has 3 N–H and O–H groups in total. The number of nitro groups is 1. The molecular weight excluding hydrogens is 224 g/mol. The molecule has 0 fully saturated rings. The lowest BCUT2D eigenvalue weighted by Gasteiger charge is -2.02. The standard InChI is InChI=1S/C8H7ClN2O4/c9-5-1-4(3-7(10)12)2-6(8(5)13)11(14)15/h1-2,13H,3H2,(H2,10,12). The smallest absolute Gasteiger partial charge is 0.312 e. The van der Waals surface area contributed by atoms with Crippen molar-refractivity contribution in [1.29, 1.82) is 0 Å². The Hall–Kier alpha value is -1.82. The van der Waals surface area contributed by atoms with Crippen LogP contribution in [-0.2, 0) is 11.2 Å². The van der Waals surface area contributed by atoms with Crippen LogP contribution in [0.4, 0.5) is 5.69 Å². The zero-order chi connectivity index (χ0) is 11.6. The van der Waals surface area contributed by atoms with E-state index in [-0.39, 0.29) is 17.0 Å². The quantitative estimate of drug-likeness (QED) is 0.596. The Labute approximate surface area is 89.4 Å². The van der Waals surface area contributed by atoms with E-state index in [9.17, 15) is 20.0 Å². The van der Waals surface area contributed by atoms with Crippen LogP contribution < -0.4 is 5.73 Å². The number of phenolic OH excluding ortho intramolecular Hbond substituents is 1. The van der Waals surface area contributed by atoms with Crippen molar-refractivity contribution in [2.45, 2.75) is 6.42 Å². The third-order valence-electron chi connectivity index (χ3n) is 1.68. The minimum Gasteiger partial charge on any atom is -0.501 e. The summed E-state index contributed by atoms with van der Waals surface area (Å²) in [6.07, 6.45) is -0.166. The van der Waals surface area contributed by atoms with Crippen LogP contribution in [0.25, 0.3) is 0 Å². The molecule has 0 spiro atoms. The summed E-state index contributed by atoms with van der Waals surface area (Å²) in [6, 6.07) is 2.32. The molecule has 1 rings (SSSR count). The summed E-state index contributed by atoms with van der Waals surface area (Å²) in [5, 5.41) is 19.5. The lowest BCUT2D eigenvalue weighted by Crippen LogP contribution is -2.13. The van der Waals surface area contributed by atoms with Gasteiger partial charge in [-0.3, -0.25) is 14.9 Å². The topological polar surface area (TPSA) is 106 Å². The van der Waals surface area contributed by atoms with Crippen LogP contribution >= 0.6 is 11.6 Å². The molecule has 0 unspecified atom stereocenters. The fourth-order valence-corrected chi connectivity index (χ4v) is 1.32. The van der Waals surface area contributed by atoms with Gasteiger partial charge in [0.15, 0.2) is 0 Å². The lowest BCUT2D eigenvalue weighted by molar-refractivity contribution is -0.385. The first-order chi connectivity index (χ1) is 6.91. The Balaban J connectivity index is 3.23. The molecule has 0 aliphatic carbocycles. The van der Waals surface area contributed by atoms with E-state index in [1.165, 1.54) is 6.07 Å². The Morgan fingerprint density at radius 1 is 1.60 bits per heavy atom. The first-order valence-corrected chi connectivity index (χ1v) is 4.23. The molecule has 0 radical (unpaired) electrons. The molecule has 0 saturated heterocycles. The lowest BCUT2D eigenvalue weighted by atomic mass is 10.1. The Kier molecular flexibility index (Phi) is 3.11. The SMILES string of the molecule is NC(=O)Cc1cc(Cl)c(O)c([N+](=O)[O-])c1. The van der Waals surface area contributed by atoms with E-state index in [0.29, 0.717) is 0 Å². The molecule has 1 amide bonds. The maximum atomic E-state index is 10.6. The average Bonchev–Trinajstić information content (AvgIpc) is 2.09. The molecular formula is C8H7ClN2O4.